The number of aliphatic hydroxyl groups excluding tert-OH is 1. The van der Waals surface area contributed by atoms with E-state index >= 15 is 0 Å². The molecular formula is C59H88O5. The zero-order valence-corrected chi connectivity index (χ0v) is 40.2. The Morgan fingerprint density at radius 2 is 0.672 bits per heavy atom. The van der Waals surface area contributed by atoms with Gasteiger partial charge < -0.3 is 14.6 Å². The molecule has 0 saturated heterocycles. The molecule has 0 bridgehead atoms. The minimum Gasteiger partial charge on any atom is -0.461 e. The molecule has 0 aromatic heterocycles. The number of carbonyl (C=O) groups is 2. The van der Waals surface area contributed by atoms with E-state index in [1.807, 2.05) is 6.08 Å². The van der Waals surface area contributed by atoms with Crippen LogP contribution in [0.1, 0.15) is 168 Å². The molecule has 5 heteroatoms. The van der Waals surface area contributed by atoms with E-state index in [4.69, 9.17) is 9.47 Å². The highest BCUT2D eigenvalue weighted by atomic mass is 16.6. The van der Waals surface area contributed by atoms with Crippen molar-refractivity contribution in [3.63, 3.8) is 0 Å². The van der Waals surface area contributed by atoms with Gasteiger partial charge in [0.15, 0.2) is 6.10 Å². The third-order valence-electron chi connectivity index (χ3n) is 9.54. The summed E-state index contributed by atoms with van der Waals surface area (Å²) in [5, 5.41) is 9.59. The maximum absolute atomic E-state index is 12.2. The number of unbranched alkanes of at least 4 members (excludes halogenated alkanes) is 7. The van der Waals surface area contributed by atoms with Gasteiger partial charge in [-0.2, -0.15) is 0 Å². The second-order valence-electron chi connectivity index (χ2n) is 15.4. The Labute approximate surface area is 392 Å². The van der Waals surface area contributed by atoms with Crippen LogP contribution in [-0.2, 0) is 19.1 Å². The molecule has 5 nitrogen and oxygen atoms in total. The molecule has 0 saturated carbocycles. The van der Waals surface area contributed by atoms with Crippen molar-refractivity contribution in [2.45, 2.75) is 174 Å². The molecule has 0 aliphatic heterocycles. The predicted molar refractivity (Wildman–Crippen MR) is 278 cm³/mol. The van der Waals surface area contributed by atoms with Crippen LogP contribution in [0.25, 0.3) is 0 Å². The zero-order chi connectivity index (χ0) is 46.3. The lowest BCUT2D eigenvalue weighted by Crippen LogP contribution is -2.28. The lowest BCUT2D eigenvalue weighted by atomic mass is 10.1. The quantitative estimate of drug-likeness (QED) is 0.0376. The van der Waals surface area contributed by atoms with Crippen LogP contribution in [0.5, 0.6) is 0 Å². The van der Waals surface area contributed by atoms with Gasteiger partial charge in [-0.25, -0.2) is 0 Å². The summed E-state index contributed by atoms with van der Waals surface area (Å²) in [7, 11) is 0. The molecule has 0 aliphatic rings. The zero-order valence-electron chi connectivity index (χ0n) is 40.2. The average molecular weight is 877 g/mol. The molecule has 64 heavy (non-hydrogen) atoms. The lowest BCUT2D eigenvalue weighted by molar-refractivity contribution is -0.161. The van der Waals surface area contributed by atoms with Crippen LogP contribution in [0.4, 0.5) is 0 Å². The summed E-state index contributed by atoms with van der Waals surface area (Å²) in [6, 6.07) is 0. The van der Waals surface area contributed by atoms with E-state index in [1.165, 1.54) is 25.7 Å². The van der Waals surface area contributed by atoms with Crippen LogP contribution < -0.4 is 0 Å². The van der Waals surface area contributed by atoms with E-state index in [2.05, 4.69) is 172 Å². The van der Waals surface area contributed by atoms with Gasteiger partial charge in [-0.15, -0.1) is 0 Å². The van der Waals surface area contributed by atoms with Crippen LogP contribution in [0.3, 0.4) is 0 Å². The molecule has 0 aromatic carbocycles. The lowest BCUT2D eigenvalue weighted by Gasteiger charge is -2.15. The Hall–Kier alpha value is -4.74. The minimum atomic E-state index is -0.831. The molecule has 0 heterocycles. The second kappa shape index (κ2) is 52.6. The fourth-order valence-electron chi connectivity index (χ4n) is 5.91. The van der Waals surface area contributed by atoms with Crippen LogP contribution >= 0.6 is 0 Å². The van der Waals surface area contributed by atoms with Gasteiger partial charge in [-0.05, 0) is 109 Å². The van der Waals surface area contributed by atoms with E-state index in [1.54, 1.807) is 6.08 Å². The first kappa shape index (κ1) is 59.3. The van der Waals surface area contributed by atoms with E-state index < -0.39 is 12.1 Å². The number of ether oxygens (including phenoxy) is 2. The van der Waals surface area contributed by atoms with Crippen molar-refractivity contribution in [3.8, 4) is 0 Å². The Morgan fingerprint density at radius 3 is 1.02 bits per heavy atom. The van der Waals surface area contributed by atoms with Gasteiger partial charge in [0, 0.05) is 6.42 Å². The molecular weight excluding hydrogens is 789 g/mol. The number of aliphatic hydroxyl groups is 1. The molecule has 1 unspecified atom stereocenters. The molecule has 354 valence electrons. The number of allylic oxidation sites excluding steroid dienone is 27. The SMILES string of the molecule is CC/C=C\C/C=C\C/C=C\C/C=C\C/C=C\C/C=C\C/C=C\C/C=C\C/C=C\CCCCCCCCCC(=O)OC(CO)COC(=O)C/C=C\C/C=C\C/C=C\C/C=C\C/C=C\CC. The third-order valence-corrected chi connectivity index (χ3v) is 9.54. The fourth-order valence-corrected chi connectivity index (χ4v) is 5.91. The molecule has 0 amide bonds. The Kier molecular flexibility index (Phi) is 48.7. The summed E-state index contributed by atoms with van der Waals surface area (Å²) in [4.78, 5) is 24.3. The van der Waals surface area contributed by atoms with Gasteiger partial charge in [0.05, 0.1) is 13.0 Å². The van der Waals surface area contributed by atoms with Gasteiger partial charge in [0.1, 0.15) is 6.61 Å². The van der Waals surface area contributed by atoms with Crippen molar-refractivity contribution >= 4 is 11.9 Å². The van der Waals surface area contributed by atoms with Gasteiger partial charge in [-0.1, -0.05) is 216 Å². The largest absolute Gasteiger partial charge is 0.461 e. The highest BCUT2D eigenvalue weighted by molar-refractivity contribution is 5.71. The average Bonchev–Trinajstić information content (AvgIpc) is 3.30. The molecule has 0 fully saturated rings. The molecule has 0 spiro atoms. The molecule has 0 rings (SSSR count). The van der Waals surface area contributed by atoms with E-state index in [9.17, 15) is 14.7 Å². The summed E-state index contributed by atoms with van der Waals surface area (Å²) in [5.74, 6) is -0.768. The minimum absolute atomic E-state index is 0.137. The predicted octanol–water partition coefficient (Wildman–Crippen LogP) is 16.6. The smallest absolute Gasteiger partial charge is 0.309 e. The topological polar surface area (TPSA) is 72.8 Å². The van der Waals surface area contributed by atoms with E-state index in [-0.39, 0.29) is 25.6 Å². The molecule has 1 N–H and O–H groups in total. The van der Waals surface area contributed by atoms with Crippen LogP contribution in [0, 0.1) is 0 Å². The van der Waals surface area contributed by atoms with Crippen molar-refractivity contribution in [2.75, 3.05) is 13.2 Å². The van der Waals surface area contributed by atoms with Crippen molar-refractivity contribution < 1.29 is 24.2 Å². The van der Waals surface area contributed by atoms with Gasteiger partial charge >= 0.3 is 11.9 Å². The van der Waals surface area contributed by atoms with Gasteiger partial charge in [0.2, 0.25) is 0 Å². The number of esters is 2. The number of rotatable bonds is 42. The first-order valence-electron chi connectivity index (χ1n) is 24.7. The fraction of sp³-hybridized carbons (Fsp3) is 0.492. The highest BCUT2D eigenvalue weighted by Gasteiger charge is 2.15. The molecule has 0 aliphatic carbocycles. The van der Waals surface area contributed by atoms with Crippen molar-refractivity contribution in [3.05, 3.63) is 170 Å². The standard InChI is InChI=1S/C59H88O5/c1-3-5-7-9-11-13-15-17-19-20-21-22-23-24-25-26-27-28-29-30-31-32-33-34-35-36-37-38-40-42-44-46-48-50-52-54-59(62)64-57(55-60)56-63-58(61)53-51-49-47-45-43-41-39-18-16-14-12-10-8-6-4-2/h5-8,11-14,17-19,21-22,24-25,27-28,30-31,33-34,36-37,39,43,45,49,51,57,60H,3-4,9-10,15-16,20,23,26,29,32,35,38,40-42,44,46-48,50,52-56H2,1-2H3/b7-5-,8-6-,13-11-,14-12-,19-17-,22-21-,25-24-,28-27-,31-30-,34-33-,37-36-,39-18-,45-43-,51-49-. The maximum Gasteiger partial charge on any atom is 0.309 e. The molecule has 0 radical (unpaired) electrons. The summed E-state index contributed by atoms with van der Waals surface area (Å²) in [6.07, 6.45) is 83.2. The Bertz CT molecular complexity index is 1500. The van der Waals surface area contributed by atoms with Crippen LogP contribution in [0.15, 0.2) is 170 Å². The Balaban J connectivity index is 3.71. The summed E-state index contributed by atoms with van der Waals surface area (Å²) in [6.45, 7) is 3.78. The third kappa shape index (κ3) is 49.9. The summed E-state index contributed by atoms with van der Waals surface area (Å²) in [5.41, 5.74) is 0. The first-order valence-corrected chi connectivity index (χ1v) is 24.7. The Morgan fingerprint density at radius 1 is 0.375 bits per heavy atom. The van der Waals surface area contributed by atoms with Gasteiger partial charge in [0.25, 0.3) is 0 Å². The van der Waals surface area contributed by atoms with E-state index in [0.717, 1.165) is 116 Å². The highest BCUT2D eigenvalue weighted by Crippen LogP contribution is 2.11. The molecule has 1 atom stereocenters. The van der Waals surface area contributed by atoms with Crippen molar-refractivity contribution in [1.82, 2.24) is 0 Å². The van der Waals surface area contributed by atoms with Crippen molar-refractivity contribution in [1.29, 1.82) is 0 Å². The number of carbonyl (C=O) groups excluding carboxylic acids is 2. The second-order valence-corrected chi connectivity index (χ2v) is 15.4. The van der Waals surface area contributed by atoms with Crippen LogP contribution in [-0.4, -0.2) is 36.4 Å². The number of hydrogen-bond donors (Lipinski definition) is 1. The van der Waals surface area contributed by atoms with E-state index in [0.29, 0.717) is 6.42 Å². The first-order chi connectivity index (χ1) is 31.6. The van der Waals surface area contributed by atoms with Gasteiger partial charge in [-0.3, -0.25) is 9.59 Å². The van der Waals surface area contributed by atoms with Crippen LogP contribution in [0.2, 0.25) is 0 Å². The normalized spacial score (nSPS) is 13.7. The summed E-state index contributed by atoms with van der Waals surface area (Å²) >= 11 is 0. The summed E-state index contributed by atoms with van der Waals surface area (Å²) < 4.78 is 10.5. The molecule has 0 aromatic rings. The number of hydrogen-bond acceptors (Lipinski definition) is 5. The maximum atomic E-state index is 12.2. The monoisotopic (exact) mass is 877 g/mol. The van der Waals surface area contributed by atoms with Crippen molar-refractivity contribution in [2.24, 2.45) is 0 Å².